The summed E-state index contributed by atoms with van der Waals surface area (Å²) in [6.07, 6.45) is 4.78. The van der Waals surface area contributed by atoms with Crippen LogP contribution in [0.4, 0.5) is 0 Å². The Morgan fingerprint density at radius 1 is 1.27 bits per heavy atom. The van der Waals surface area contributed by atoms with E-state index in [-0.39, 0.29) is 0 Å². The minimum Gasteiger partial charge on any atom is -0.315 e. The molecule has 0 atom stereocenters. The Kier molecular flexibility index (Phi) is 5.97. The highest BCUT2D eigenvalue weighted by Gasteiger charge is 1.94. The normalized spacial score (nSPS) is 10.9. The molecule has 0 spiro atoms. The van der Waals surface area contributed by atoms with Crippen LogP contribution in [0.2, 0.25) is 0 Å². The summed E-state index contributed by atoms with van der Waals surface area (Å²) >= 11 is 0. The van der Waals surface area contributed by atoms with Crippen LogP contribution < -0.4 is 5.32 Å². The molecule has 0 aliphatic heterocycles. The van der Waals surface area contributed by atoms with Crippen LogP contribution in [0.5, 0.6) is 0 Å². The van der Waals surface area contributed by atoms with Crippen molar-refractivity contribution in [2.24, 2.45) is 0 Å². The number of aromatic nitrogens is 1. The van der Waals surface area contributed by atoms with E-state index in [1.165, 1.54) is 5.56 Å². The second-order valence-electron chi connectivity index (χ2n) is 3.75. The topological polar surface area (TPSA) is 28.2 Å². The summed E-state index contributed by atoms with van der Waals surface area (Å²) in [5.74, 6) is 0. The summed E-state index contributed by atoms with van der Waals surface area (Å²) < 4.78 is 0. The van der Waals surface area contributed by atoms with E-state index in [0.29, 0.717) is 0 Å². The molecule has 0 unspecified atom stereocenters. The Morgan fingerprint density at radius 2 is 2.00 bits per heavy atom. The molecule has 0 amide bonds. The maximum atomic E-state index is 4.00. The molecule has 3 nitrogen and oxygen atoms in total. The van der Waals surface area contributed by atoms with Crippen molar-refractivity contribution in [3.63, 3.8) is 0 Å². The van der Waals surface area contributed by atoms with Gasteiger partial charge in [0.2, 0.25) is 0 Å². The van der Waals surface area contributed by atoms with Gasteiger partial charge in [0, 0.05) is 25.5 Å². The summed E-state index contributed by atoms with van der Waals surface area (Å²) in [7, 11) is 2.14. The van der Waals surface area contributed by atoms with E-state index in [4.69, 9.17) is 0 Å². The van der Waals surface area contributed by atoms with Crippen molar-refractivity contribution in [2.45, 2.75) is 13.3 Å². The molecule has 1 aromatic rings. The molecule has 1 N–H and O–H groups in total. The molecule has 15 heavy (non-hydrogen) atoms. The third-order valence-electron chi connectivity index (χ3n) is 2.55. The van der Waals surface area contributed by atoms with E-state index >= 15 is 0 Å². The van der Waals surface area contributed by atoms with Crippen LogP contribution in [0, 0.1) is 0 Å². The van der Waals surface area contributed by atoms with Crippen LogP contribution in [0.15, 0.2) is 24.5 Å². The molecule has 0 aliphatic rings. The van der Waals surface area contributed by atoms with Crippen molar-refractivity contribution in [2.75, 3.05) is 33.2 Å². The predicted octanol–water partition coefficient (Wildman–Crippen LogP) is 1.17. The van der Waals surface area contributed by atoms with Gasteiger partial charge < -0.3 is 10.2 Å². The zero-order valence-electron chi connectivity index (χ0n) is 9.74. The first-order valence-electron chi connectivity index (χ1n) is 5.61. The van der Waals surface area contributed by atoms with Gasteiger partial charge in [-0.25, -0.2) is 0 Å². The molecule has 84 valence electrons. The lowest BCUT2D eigenvalue weighted by Crippen LogP contribution is -2.30. The van der Waals surface area contributed by atoms with Gasteiger partial charge in [0.05, 0.1) is 0 Å². The van der Waals surface area contributed by atoms with Gasteiger partial charge in [0.1, 0.15) is 0 Å². The van der Waals surface area contributed by atoms with Gasteiger partial charge >= 0.3 is 0 Å². The standard InChI is InChI=1S/C12H21N3/c1-3-15(2)11-10-14-9-6-12-4-7-13-8-5-12/h4-5,7-8,14H,3,6,9-11H2,1-2H3. The second kappa shape index (κ2) is 7.37. The lowest BCUT2D eigenvalue weighted by atomic mass is 10.2. The highest BCUT2D eigenvalue weighted by Crippen LogP contribution is 1.95. The predicted molar refractivity (Wildman–Crippen MR) is 64.0 cm³/mol. The van der Waals surface area contributed by atoms with E-state index in [9.17, 15) is 0 Å². The molecule has 0 saturated heterocycles. The molecular weight excluding hydrogens is 186 g/mol. The van der Waals surface area contributed by atoms with E-state index < -0.39 is 0 Å². The lowest BCUT2D eigenvalue weighted by Gasteiger charge is -2.13. The molecule has 1 rings (SSSR count). The maximum absolute atomic E-state index is 4.00. The van der Waals surface area contributed by atoms with Crippen LogP contribution in [-0.2, 0) is 6.42 Å². The van der Waals surface area contributed by atoms with Gasteiger partial charge in [-0.05, 0) is 44.3 Å². The first-order valence-corrected chi connectivity index (χ1v) is 5.61. The van der Waals surface area contributed by atoms with Gasteiger partial charge in [0.25, 0.3) is 0 Å². The van der Waals surface area contributed by atoms with Gasteiger partial charge in [-0.2, -0.15) is 0 Å². The summed E-state index contributed by atoms with van der Waals surface area (Å²) in [5, 5.41) is 3.44. The Balaban J connectivity index is 2.03. The van der Waals surface area contributed by atoms with E-state index in [1.54, 1.807) is 0 Å². The Labute approximate surface area is 92.5 Å². The lowest BCUT2D eigenvalue weighted by molar-refractivity contribution is 0.349. The van der Waals surface area contributed by atoms with E-state index in [0.717, 1.165) is 32.6 Å². The minimum absolute atomic E-state index is 1.04. The van der Waals surface area contributed by atoms with E-state index in [1.807, 2.05) is 12.4 Å². The van der Waals surface area contributed by atoms with Gasteiger partial charge in [0.15, 0.2) is 0 Å². The molecule has 0 bridgehead atoms. The third kappa shape index (κ3) is 5.50. The van der Waals surface area contributed by atoms with Crippen LogP contribution in [0.3, 0.4) is 0 Å². The first-order chi connectivity index (χ1) is 7.33. The van der Waals surface area contributed by atoms with Gasteiger partial charge in [-0.1, -0.05) is 6.92 Å². The SMILES string of the molecule is CCN(C)CCNCCc1ccncc1. The summed E-state index contributed by atoms with van der Waals surface area (Å²) in [6.45, 7) is 6.52. The van der Waals surface area contributed by atoms with Crippen molar-refractivity contribution in [1.29, 1.82) is 0 Å². The highest BCUT2D eigenvalue weighted by atomic mass is 15.1. The maximum Gasteiger partial charge on any atom is 0.0270 e. The fraction of sp³-hybridized carbons (Fsp3) is 0.583. The van der Waals surface area contributed by atoms with Crippen LogP contribution >= 0.6 is 0 Å². The van der Waals surface area contributed by atoms with Crippen molar-refractivity contribution < 1.29 is 0 Å². The third-order valence-corrected chi connectivity index (χ3v) is 2.55. The largest absolute Gasteiger partial charge is 0.315 e. The Hall–Kier alpha value is -0.930. The average molecular weight is 207 g/mol. The van der Waals surface area contributed by atoms with Crippen molar-refractivity contribution in [3.05, 3.63) is 30.1 Å². The van der Waals surface area contributed by atoms with Crippen LogP contribution in [-0.4, -0.2) is 43.1 Å². The van der Waals surface area contributed by atoms with Gasteiger partial charge in [-0.15, -0.1) is 0 Å². The molecular formula is C12H21N3. The fourth-order valence-corrected chi connectivity index (χ4v) is 1.34. The number of rotatable bonds is 7. The first kappa shape index (κ1) is 12.1. The number of nitrogens with zero attached hydrogens (tertiary/aromatic N) is 2. The summed E-state index contributed by atoms with van der Waals surface area (Å²) in [5.41, 5.74) is 1.35. The minimum atomic E-state index is 1.04. The number of likely N-dealkylation sites (N-methyl/N-ethyl adjacent to an activating group) is 1. The van der Waals surface area contributed by atoms with Crippen molar-refractivity contribution in [1.82, 2.24) is 15.2 Å². The number of pyridine rings is 1. The van der Waals surface area contributed by atoms with Crippen LogP contribution in [0.1, 0.15) is 12.5 Å². The Bertz CT molecular complexity index is 248. The number of hydrogen-bond donors (Lipinski definition) is 1. The second-order valence-corrected chi connectivity index (χ2v) is 3.75. The zero-order valence-corrected chi connectivity index (χ0v) is 9.74. The van der Waals surface area contributed by atoms with Gasteiger partial charge in [-0.3, -0.25) is 4.98 Å². The van der Waals surface area contributed by atoms with Crippen molar-refractivity contribution in [3.8, 4) is 0 Å². The fourth-order valence-electron chi connectivity index (χ4n) is 1.34. The smallest absolute Gasteiger partial charge is 0.0270 e. The van der Waals surface area contributed by atoms with Crippen LogP contribution in [0.25, 0.3) is 0 Å². The molecule has 1 aromatic heterocycles. The quantitative estimate of drug-likeness (QED) is 0.680. The molecule has 0 aliphatic carbocycles. The molecule has 0 fully saturated rings. The number of hydrogen-bond acceptors (Lipinski definition) is 3. The van der Waals surface area contributed by atoms with Crippen molar-refractivity contribution >= 4 is 0 Å². The number of nitrogens with one attached hydrogen (secondary N) is 1. The zero-order chi connectivity index (χ0) is 10.9. The molecule has 3 heteroatoms. The summed E-state index contributed by atoms with van der Waals surface area (Å²) in [6, 6.07) is 4.14. The monoisotopic (exact) mass is 207 g/mol. The Morgan fingerprint density at radius 3 is 2.67 bits per heavy atom. The highest BCUT2D eigenvalue weighted by molar-refractivity contribution is 5.09. The summed E-state index contributed by atoms with van der Waals surface area (Å²) in [4.78, 5) is 6.30. The molecule has 0 radical (unpaired) electrons. The molecule has 0 saturated carbocycles. The molecule has 1 heterocycles. The molecule has 0 aromatic carbocycles. The average Bonchev–Trinajstić information content (AvgIpc) is 2.29. The van der Waals surface area contributed by atoms with E-state index in [2.05, 4.69) is 41.3 Å².